The number of benzene rings is 1. The van der Waals surface area contributed by atoms with Gasteiger partial charge in [0.2, 0.25) is 5.91 Å². The summed E-state index contributed by atoms with van der Waals surface area (Å²) in [6, 6.07) is 7.88. The van der Waals surface area contributed by atoms with E-state index in [0.29, 0.717) is 32.1 Å². The lowest BCUT2D eigenvalue weighted by molar-refractivity contribution is -0.132. The van der Waals surface area contributed by atoms with Crippen molar-refractivity contribution in [3.05, 3.63) is 29.8 Å². The smallest absolute Gasteiger partial charge is 0.233 e. The Bertz CT molecular complexity index is 441. The molecule has 1 aromatic carbocycles. The molecule has 2 rings (SSSR count). The molecular weight excluding hydrogens is 290 g/mol. The summed E-state index contributed by atoms with van der Waals surface area (Å²) in [5, 5.41) is 0. The van der Waals surface area contributed by atoms with Gasteiger partial charge in [-0.1, -0.05) is 12.1 Å². The SMILES string of the molecule is COC(OC)c1ccc(SCC(=O)N2CCOCC2)cc1. The molecule has 0 unspecified atom stereocenters. The van der Waals surface area contributed by atoms with Crippen molar-refractivity contribution < 1.29 is 19.0 Å². The van der Waals surface area contributed by atoms with Crippen LogP contribution in [0.15, 0.2) is 29.2 Å². The van der Waals surface area contributed by atoms with Crippen LogP contribution in [0.3, 0.4) is 0 Å². The third kappa shape index (κ3) is 4.71. The van der Waals surface area contributed by atoms with Crippen molar-refractivity contribution in [1.82, 2.24) is 4.90 Å². The Kier molecular flexibility index (Phi) is 6.50. The molecule has 1 aromatic rings. The molecule has 0 atom stereocenters. The first-order valence-corrected chi connectivity index (χ1v) is 7.87. The van der Waals surface area contributed by atoms with Gasteiger partial charge in [0.05, 0.1) is 19.0 Å². The first-order valence-electron chi connectivity index (χ1n) is 6.88. The Morgan fingerprint density at radius 2 is 1.86 bits per heavy atom. The van der Waals surface area contributed by atoms with E-state index in [4.69, 9.17) is 14.2 Å². The molecule has 0 aliphatic carbocycles. The van der Waals surface area contributed by atoms with Crippen LogP contribution < -0.4 is 0 Å². The van der Waals surface area contributed by atoms with E-state index >= 15 is 0 Å². The lowest BCUT2D eigenvalue weighted by Gasteiger charge is -2.26. The third-order valence-corrected chi connectivity index (χ3v) is 4.30. The number of nitrogens with zero attached hydrogens (tertiary/aromatic N) is 1. The van der Waals surface area contributed by atoms with Crippen molar-refractivity contribution in [3.8, 4) is 0 Å². The summed E-state index contributed by atoms with van der Waals surface area (Å²) in [5.74, 6) is 0.621. The molecule has 116 valence electrons. The fraction of sp³-hybridized carbons (Fsp3) is 0.533. The van der Waals surface area contributed by atoms with E-state index in [1.807, 2.05) is 29.2 Å². The first-order chi connectivity index (χ1) is 10.2. The van der Waals surface area contributed by atoms with Gasteiger partial charge >= 0.3 is 0 Å². The second kappa shape index (κ2) is 8.38. The van der Waals surface area contributed by atoms with Gasteiger partial charge in [-0.15, -0.1) is 11.8 Å². The van der Waals surface area contributed by atoms with Crippen molar-refractivity contribution in [1.29, 1.82) is 0 Å². The Morgan fingerprint density at radius 1 is 1.24 bits per heavy atom. The maximum Gasteiger partial charge on any atom is 0.233 e. The molecule has 1 saturated heterocycles. The number of rotatable bonds is 6. The number of morpholine rings is 1. The average Bonchev–Trinajstić information content (AvgIpc) is 2.55. The molecular formula is C15H21NO4S. The van der Waals surface area contributed by atoms with Crippen LogP contribution in [-0.4, -0.2) is 57.1 Å². The van der Waals surface area contributed by atoms with E-state index in [2.05, 4.69) is 0 Å². The largest absolute Gasteiger partial charge is 0.378 e. The van der Waals surface area contributed by atoms with E-state index < -0.39 is 0 Å². The highest BCUT2D eigenvalue weighted by Gasteiger charge is 2.16. The van der Waals surface area contributed by atoms with Crippen LogP contribution in [0.25, 0.3) is 0 Å². The number of methoxy groups -OCH3 is 2. The zero-order chi connectivity index (χ0) is 15.1. The molecule has 1 heterocycles. The van der Waals surface area contributed by atoms with Crippen LogP contribution in [0.4, 0.5) is 0 Å². The maximum absolute atomic E-state index is 12.0. The normalized spacial score (nSPS) is 15.5. The van der Waals surface area contributed by atoms with Crippen LogP contribution in [0.5, 0.6) is 0 Å². The zero-order valence-electron chi connectivity index (χ0n) is 12.4. The van der Waals surface area contributed by atoms with Gasteiger partial charge in [0.25, 0.3) is 0 Å². The Hall–Kier alpha value is -1.08. The molecule has 5 nitrogen and oxygen atoms in total. The number of carbonyl (C=O) groups excluding carboxylic acids is 1. The van der Waals surface area contributed by atoms with Crippen molar-refractivity contribution in [2.24, 2.45) is 0 Å². The summed E-state index contributed by atoms with van der Waals surface area (Å²) < 4.78 is 15.6. The molecule has 0 radical (unpaired) electrons. The number of amides is 1. The van der Waals surface area contributed by atoms with Gasteiger partial charge in [-0.2, -0.15) is 0 Å². The monoisotopic (exact) mass is 311 g/mol. The van der Waals surface area contributed by atoms with Crippen molar-refractivity contribution in [3.63, 3.8) is 0 Å². The minimum Gasteiger partial charge on any atom is -0.378 e. The predicted molar refractivity (Wildman–Crippen MR) is 81.3 cm³/mol. The molecule has 0 saturated carbocycles. The molecule has 0 bridgehead atoms. The third-order valence-electron chi connectivity index (χ3n) is 3.31. The van der Waals surface area contributed by atoms with E-state index in [-0.39, 0.29) is 12.2 Å². The lowest BCUT2D eigenvalue weighted by atomic mass is 10.2. The molecule has 1 aliphatic heterocycles. The molecule has 1 aliphatic rings. The summed E-state index contributed by atoms with van der Waals surface area (Å²) in [4.78, 5) is 15.0. The molecule has 1 fully saturated rings. The highest BCUT2D eigenvalue weighted by atomic mass is 32.2. The number of ether oxygens (including phenoxy) is 3. The molecule has 21 heavy (non-hydrogen) atoms. The minimum atomic E-state index is -0.348. The second-order valence-corrected chi connectivity index (χ2v) is 5.70. The zero-order valence-corrected chi connectivity index (χ0v) is 13.2. The highest BCUT2D eigenvalue weighted by Crippen LogP contribution is 2.23. The van der Waals surface area contributed by atoms with Gasteiger partial charge in [-0.05, 0) is 12.1 Å². The van der Waals surface area contributed by atoms with Gasteiger partial charge in [0.15, 0.2) is 6.29 Å². The van der Waals surface area contributed by atoms with Crippen LogP contribution >= 0.6 is 11.8 Å². The Labute approximate surface area is 129 Å². The van der Waals surface area contributed by atoms with E-state index in [9.17, 15) is 4.79 Å². The second-order valence-electron chi connectivity index (χ2n) is 4.65. The van der Waals surface area contributed by atoms with Gasteiger partial charge < -0.3 is 19.1 Å². The summed E-state index contributed by atoms with van der Waals surface area (Å²) in [7, 11) is 3.22. The fourth-order valence-corrected chi connectivity index (χ4v) is 2.94. The van der Waals surface area contributed by atoms with Gasteiger partial charge in [-0.3, -0.25) is 4.79 Å². The molecule has 0 spiro atoms. The van der Waals surface area contributed by atoms with Crippen LogP contribution in [0, 0.1) is 0 Å². The van der Waals surface area contributed by atoms with Gasteiger partial charge in [-0.25, -0.2) is 0 Å². The van der Waals surface area contributed by atoms with Crippen molar-refractivity contribution >= 4 is 17.7 Å². The molecule has 6 heteroatoms. The van der Waals surface area contributed by atoms with E-state index in [1.165, 1.54) is 0 Å². The van der Waals surface area contributed by atoms with Gasteiger partial charge in [0, 0.05) is 37.8 Å². The van der Waals surface area contributed by atoms with Gasteiger partial charge in [0.1, 0.15) is 0 Å². The fourth-order valence-electron chi connectivity index (χ4n) is 2.14. The standard InChI is InChI=1S/C15H21NO4S/c1-18-15(19-2)12-3-5-13(6-4-12)21-11-14(17)16-7-9-20-10-8-16/h3-6,15H,7-11H2,1-2H3. The maximum atomic E-state index is 12.0. The average molecular weight is 311 g/mol. The Morgan fingerprint density at radius 3 is 2.43 bits per heavy atom. The lowest BCUT2D eigenvalue weighted by Crippen LogP contribution is -2.41. The topological polar surface area (TPSA) is 48.0 Å². The van der Waals surface area contributed by atoms with Crippen LogP contribution in [0.2, 0.25) is 0 Å². The number of thioether (sulfide) groups is 1. The Balaban J connectivity index is 1.84. The van der Waals surface area contributed by atoms with Crippen molar-refractivity contribution in [2.75, 3.05) is 46.3 Å². The number of hydrogen-bond donors (Lipinski definition) is 0. The summed E-state index contributed by atoms with van der Waals surface area (Å²) in [6.07, 6.45) is -0.348. The first kappa shape index (κ1) is 16.3. The summed E-state index contributed by atoms with van der Waals surface area (Å²) >= 11 is 1.54. The van der Waals surface area contributed by atoms with E-state index in [1.54, 1.807) is 26.0 Å². The molecule has 0 aromatic heterocycles. The highest BCUT2D eigenvalue weighted by molar-refractivity contribution is 8.00. The molecule has 1 amide bonds. The predicted octanol–water partition coefficient (Wildman–Crippen LogP) is 1.93. The van der Waals surface area contributed by atoms with Crippen LogP contribution in [-0.2, 0) is 19.0 Å². The quantitative estimate of drug-likeness (QED) is 0.593. The summed E-state index contributed by atoms with van der Waals surface area (Å²) in [6.45, 7) is 2.67. The number of carbonyl (C=O) groups is 1. The number of hydrogen-bond acceptors (Lipinski definition) is 5. The van der Waals surface area contributed by atoms with Crippen LogP contribution in [0.1, 0.15) is 11.9 Å². The minimum absolute atomic E-state index is 0.166. The van der Waals surface area contributed by atoms with E-state index in [0.717, 1.165) is 10.5 Å². The summed E-state index contributed by atoms with van der Waals surface area (Å²) in [5.41, 5.74) is 0.962. The molecule has 0 N–H and O–H groups in total. The van der Waals surface area contributed by atoms with Crippen molar-refractivity contribution in [2.45, 2.75) is 11.2 Å².